The van der Waals surface area contributed by atoms with Crippen molar-refractivity contribution >= 4 is 11.2 Å². The number of ether oxygens (including phenoxy) is 1. The third kappa shape index (κ3) is 2.31. The van der Waals surface area contributed by atoms with E-state index >= 15 is 0 Å². The zero-order valence-electron chi connectivity index (χ0n) is 12.6. The van der Waals surface area contributed by atoms with Crippen LogP contribution in [0.25, 0.3) is 11.2 Å². The van der Waals surface area contributed by atoms with Gasteiger partial charge in [0.05, 0.1) is 12.4 Å². The molecule has 0 aromatic carbocycles. The van der Waals surface area contributed by atoms with Gasteiger partial charge in [-0.3, -0.25) is 13.9 Å². The van der Waals surface area contributed by atoms with Gasteiger partial charge in [-0.25, -0.2) is 9.78 Å². The summed E-state index contributed by atoms with van der Waals surface area (Å²) < 4.78 is 9.98. The average molecular weight is 292 g/mol. The first-order valence-electron chi connectivity index (χ1n) is 7.21. The largest absolute Gasteiger partial charge is 0.378 e. The summed E-state index contributed by atoms with van der Waals surface area (Å²) in [5, 5.41) is 0. The van der Waals surface area contributed by atoms with Crippen LogP contribution in [-0.4, -0.2) is 31.4 Å². The quantitative estimate of drug-likeness (QED) is 0.795. The summed E-state index contributed by atoms with van der Waals surface area (Å²) in [5.74, 6) is 0.466. The van der Waals surface area contributed by atoms with Crippen LogP contribution in [0.4, 0.5) is 0 Å². The molecule has 3 heterocycles. The van der Waals surface area contributed by atoms with E-state index in [0.29, 0.717) is 17.1 Å². The molecule has 114 valence electrons. The van der Waals surface area contributed by atoms with Crippen LogP contribution in [0.2, 0.25) is 0 Å². The number of hydrogen-bond donors (Lipinski definition) is 0. The summed E-state index contributed by atoms with van der Waals surface area (Å²) >= 11 is 0. The minimum atomic E-state index is -0.350. The van der Waals surface area contributed by atoms with E-state index in [0.717, 1.165) is 30.6 Å². The van der Waals surface area contributed by atoms with E-state index in [-0.39, 0.29) is 17.4 Å². The Balaban J connectivity index is 2.04. The van der Waals surface area contributed by atoms with Gasteiger partial charge in [0, 0.05) is 27.2 Å². The predicted molar refractivity (Wildman–Crippen MR) is 78.4 cm³/mol. The molecular weight excluding hydrogens is 272 g/mol. The number of aryl methyl sites for hydroxylation is 1. The molecule has 2 aromatic rings. The lowest BCUT2D eigenvalue weighted by Crippen LogP contribution is -2.37. The van der Waals surface area contributed by atoms with Crippen LogP contribution < -0.4 is 11.2 Å². The smallest absolute Gasteiger partial charge is 0.332 e. The van der Waals surface area contributed by atoms with Gasteiger partial charge < -0.3 is 9.30 Å². The van der Waals surface area contributed by atoms with Gasteiger partial charge in [0.1, 0.15) is 0 Å². The first kappa shape index (κ1) is 14.1. The molecule has 3 rings (SSSR count). The Bertz CT molecular complexity index is 786. The van der Waals surface area contributed by atoms with Crippen LogP contribution in [0.1, 0.15) is 19.8 Å². The molecule has 2 atom stereocenters. The number of rotatable bonds is 2. The Morgan fingerprint density at radius 3 is 2.81 bits per heavy atom. The lowest BCUT2D eigenvalue weighted by Gasteiger charge is -2.27. The van der Waals surface area contributed by atoms with Crippen molar-refractivity contribution in [1.29, 1.82) is 0 Å². The van der Waals surface area contributed by atoms with Gasteiger partial charge in [-0.1, -0.05) is 0 Å². The summed E-state index contributed by atoms with van der Waals surface area (Å²) in [6.45, 7) is 3.56. The van der Waals surface area contributed by atoms with Gasteiger partial charge in [-0.2, -0.15) is 0 Å². The second-order valence-electron chi connectivity index (χ2n) is 5.85. The maximum absolute atomic E-state index is 12.4. The van der Waals surface area contributed by atoms with Crippen molar-refractivity contribution < 1.29 is 4.74 Å². The number of nitrogens with zero attached hydrogens (tertiary/aromatic N) is 4. The highest BCUT2D eigenvalue weighted by atomic mass is 16.5. The number of hydrogen-bond acceptors (Lipinski definition) is 4. The SMILES string of the molecule is CC1CC(Cn2cnc3c2c(=O)n(C)c(=O)n3C)CCO1. The molecule has 2 unspecified atom stereocenters. The number of fused-ring (bicyclic) bond motifs is 1. The van der Waals surface area contributed by atoms with Crippen molar-refractivity contribution in [2.45, 2.75) is 32.4 Å². The monoisotopic (exact) mass is 292 g/mol. The zero-order valence-corrected chi connectivity index (χ0v) is 12.6. The first-order chi connectivity index (χ1) is 9.99. The third-order valence-electron chi connectivity index (χ3n) is 4.27. The standard InChI is InChI=1S/C14H20N4O3/c1-9-6-10(4-5-21-9)7-18-8-15-12-11(18)13(19)17(3)14(20)16(12)2/h8-10H,4-7H2,1-3H3. The molecule has 0 radical (unpaired) electrons. The van der Waals surface area contributed by atoms with Gasteiger partial charge >= 0.3 is 5.69 Å². The molecular formula is C14H20N4O3. The summed E-state index contributed by atoms with van der Waals surface area (Å²) in [5.41, 5.74) is 0.310. The van der Waals surface area contributed by atoms with E-state index < -0.39 is 0 Å². The third-order valence-corrected chi connectivity index (χ3v) is 4.27. The molecule has 0 saturated carbocycles. The van der Waals surface area contributed by atoms with Crippen LogP contribution in [-0.2, 0) is 25.4 Å². The van der Waals surface area contributed by atoms with Crippen LogP contribution in [0, 0.1) is 5.92 Å². The van der Waals surface area contributed by atoms with Crippen molar-refractivity contribution in [1.82, 2.24) is 18.7 Å². The molecule has 1 fully saturated rings. The molecule has 2 aromatic heterocycles. The Morgan fingerprint density at radius 1 is 1.33 bits per heavy atom. The van der Waals surface area contributed by atoms with Crippen LogP contribution >= 0.6 is 0 Å². The maximum Gasteiger partial charge on any atom is 0.332 e. The van der Waals surface area contributed by atoms with E-state index in [1.807, 2.05) is 4.57 Å². The molecule has 21 heavy (non-hydrogen) atoms. The molecule has 0 bridgehead atoms. The molecule has 0 N–H and O–H groups in total. The van der Waals surface area contributed by atoms with Crippen LogP contribution in [0.5, 0.6) is 0 Å². The Labute approximate surface area is 121 Å². The van der Waals surface area contributed by atoms with Gasteiger partial charge in [0.2, 0.25) is 0 Å². The Morgan fingerprint density at radius 2 is 2.10 bits per heavy atom. The maximum atomic E-state index is 12.4. The summed E-state index contributed by atoms with van der Waals surface area (Å²) in [4.78, 5) is 28.5. The van der Waals surface area contributed by atoms with E-state index in [1.54, 1.807) is 13.4 Å². The van der Waals surface area contributed by atoms with Gasteiger partial charge in [0.15, 0.2) is 11.2 Å². The fourth-order valence-electron chi connectivity index (χ4n) is 3.07. The fourth-order valence-corrected chi connectivity index (χ4v) is 3.07. The minimum Gasteiger partial charge on any atom is -0.378 e. The van der Waals surface area contributed by atoms with Crippen LogP contribution in [0.15, 0.2) is 15.9 Å². The van der Waals surface area contributed by atoms with Crippen LogP contribution in [0.3, 0.4) is 0 Å². The molecule has 1 saturated heterocycles. The van der Waals surface area contributed by atoms with E-state index in [1.165, 1.54) is 11.6 Å². The molecule has 7 nitrogen and oxygen atoms in total. The van der Waals surface area contributed by atoms with Crippen molar-refractivity contribution in [3.05, 3.63) is 27.2 Å². The normalized spacial score (nSPS) is 22.8. The van der Waals surface area contributed by atoms with Crippen molar-refractivity contribution in [3.63, 3.8) is 0 Å². The first-order valence-corrected chi connectivity index (χ1v) is 7.21. The van der Waals surface area contributed by atoms with Crippen molar-refractivity contribution in [3.8, 4) is 0 Å². The number of aromatic nitrogens is 4. The lowest BCUT2D eigenvalue weighted by molar-refractivity contribution is -0.000816. The van der Waals surface area contributed by atoms with E-state index in [2.05, 4.69) is 11.9 Å². The Kier molecular flexibility index (Phi) is 3.44. The van der Waals surface area contributed by atoms with E-state index in [9.17, 15) is 9.59 Å². The topological polar surface area (TPSA) is 71.0 Å². The van der Waals surface area contributed by atoms with E-state index in [4.69, 9.17) is 4.74 Å². The Hall–Kier alpha value is -1.89. The van der Waals surface area contributed by atoms with Gasteiger partial charge in [-0.15, -0.1) is 0 Å². The second-order valence-corrected chi connectivity index (χ2v) is 5.85. The average Bonchev–Trinajstić information content (AvgIpc) is 2.87. The molecule has 0 spiro atoms. The van der Waals surface area contributed by atoms with Gasteiger partial charge in [0.25, 0.3) is 5.56 Å². The fraction of sp³-hybridized carbons (Fsp3) is 0.643. The highest BCUT2D eigenvalue weighted by molar-refractivity contribution is 5.69. The molecule has 1 aliphatic rings. The van der Waals surface area contributed by atoms with Gasteiger partial charge in [-0.05, 0) is 25.7 Å². The minimum absolute atomic E-state index is 0.255. The van der Waals surface area contributed by atoms with Crippen molar-refractivity contribution in [2.24, 2.45) is 20.0 Å². The summed E-state index contributed by atoms with van der Waals surface area (Å²) in [6.07, 6.45) is 3.87. The second kappa shape index (κ2) is 5.14. The zero-order chi connectivity index (χ0) is 15.1. The summed E-state index contributed by atoms with van der Waals surface area (Å²) in [6, 6.07) is 0. The molecule has 7 heteroatoms. The molecule has 0 amide bonds. The highest BCUT2D eigenvalue weighted by Gasteiger charge is 2.22. The highest BCUT2D eigenvalue weighted by Crippen LogP contribution is 2.22. The predicted octanol–water partition coefficient (Wildman–Crippen LogP) is 0.249. The number of imidazole rings is 1. The van der Waals surface area contributed by atoms with Crippen molar-refractivity contribution in [2.75, 3.05) is 6.61 Å². The molecule has 1 aliphatic heterocycles. The lowest BCUT2D eigenvalue weighted by atomic mass is 9.96. The molecule has 0 aliphatic carbocycles. The summed E-state index contributed by atoms with van der Waals surface area (Å²) in [7, 11) is 3.13.